The molecule has 1 fully saturated rings. The standard InChI is InChI=1S/C10H8ClFN2O5S/c11-7-1-5(10(16)17)2-8(13-7)14-4-6(3-9(14)15)20(12,18)19/h1-2,6H,3-4H2,(H,16,17). The minimum absolute atomic E-state index is 0.119. The van der Waals surface area contributed by atoms with Crippen molar-refractivity contribution in [3.63, 3.8) is 0 Å². The highest BCUT2D eigenvalue weighted by atomic mass is 35.5. The number of anilines is 1. The van der Waals surface area contributed by atoms with E-state index in [2.05, 4.69) is 4.98 Å². The molecule has 108 valence electrons. The smallest absolute Gasteiger partial charge is 0.335 e. The number of carboxylic acid groups (broad SMARTS) is 1. The van der Waals surface area contributed by atoms with Crippen LogP contribution in [0.2, 0.25) is 5.15 Å². The summed E-state index contributed by atoms with van der Waals surface area (Å²) in [5.41, 5.74) is -0.209. The molecule has 1 saturated heterocycles. The van der Waals surface area contributed by atoms with Gasteiger partial charge in [0.25, 0.3) is 0 Å². The van der Waals surface area contributed by atoms with Crippen LogP contribution in [0.1, 0.15) is 16.8 Å². The summed E-state index contributed by atoms with van der Waals surface area (Å²) in [6, 6.07) is 2.15. The van der Waals surface area contributed by atoms with Gasteiger partial charge in [0, 0.05) is 13.0 Å². The van der Waals surface area contributed by atoms with Crippen molar-refractivity contribution in [2.24, 2.45) is 0 Å². The predicted octanol–water partition coefficient (Wildman–Crippen LogP) is 0.838. The van der Waals surface area contributed by atoms with Gasteiger partial charge in [0.15, 0.2) is 0 Å². The van der Waals surface area contributed by atoms with Crippen LogP contribution in [-0.4, -0.2) is 42.2 Å². The zero-order valence-electron chi connectivity index (χ0n) is 9.79. The number of hydrogen-bond donors (Lipinski definition) is 1. The van der Waals surface area contributed by atoms with Crippen molar-refractivity contribution >= 4 is 39.5 Å². The molecule has 2 heterocycles. The Bertz CT molecular complexity index is 693. The molecule has 1 aliphatic rings. The highest BCUT2D eigenvalue weighted by Gasteiger charge is 2.39. The first-order valence-electron chi connectivity index (χ1n) is 5.33. The summed E-state index contributed by atoms with van der Waals surface area (Å²) in [4.78, 5) is 27.2. The monoisotopic (exact) mass is 322 g/mol. The fraction of sp³-hybridized carbons (Fsp3) is 0.300. The lowest BCUT2D eigenvalue weighted by Gasteiger charge is -2.15. The van der Waals surface area contributed by atoms with E-state index >= 15 is 0 Å². The molecule has 1 unspecified atom stereocenters. The van der Waals surface area contributed by atoms with E-state index < -0.39 is 40.3 Å². The number of rotatable bonds is 3. The van der Waals surface area contributed by atoms with Crippen LogP contribution < -0.4 is 4.90 Å². The Morgan fingerprint density at radius 3 is 2.65 bits per heavy atom. The number of aromatic nitrogens is 1. The van der Waals surface area contributed by atoms with Gasteiger partial charge in [0.05, 0.1) is 5.56 Å². The van der Waals surface area contributed by atoms with E-state index in [0.717, 1.165) is 17.0 Å². The van der Waals surface area contributed by atoms with Crippen molar-refractivity contribution < 1.29 is 27.0 Å². The van der Waals surface area contributed by atoms with Crippen LogP contribution >= 0.6 is 11.6 Å². The molecule has 0 saturated carbocycles. The fourth-order valence-corrected chi connectivity index (χ4v) is 2.70. The van der Waals surface area contributed by atoms with Gasteiger partial charge in [-0.1, -0.05) is 11.6 Å². The van der Waals surface area contributed by atoms with E-state index in [4.69, 9.17) is 16.7 Å². The molecule has 1 N–H and O–H groups in total. The molecule has 1 aliphatic heterocycles. The summed E-state index contributed by atoms with van der Waals surface area (Å²) in [7, 11) is -4.85. The first-order valence-corrected chi connectivity index (χ1v) is 7.15. The Morgan fingerprint density at radius 1 is 1.50 bits per heavy atom. The largest absolute Gasteiger partial charge is 0.478 e. The second kappa shape index (κ2) is 4.98. The highest BCUT2D eigenvalue weighted by molar-refractivity contribution is 7.87. The number of amides is 1. The van der Waals surface area contributed by atoms with Gasteiger partial charge >= 0.3 is 16.2 Å². The summed E-state index contributed by atoms with van der Waals surface area (Å²) in [6.07, 6.45) is -0.518. The van der Waals surface area contributed by atoms with Gasteiger partial charge in [-0.25, -0.2) is 9.78 Å². The first-order chi connectivity index (χ1) is 9.18. The van der Waals surface area contributed by atoms with Crippen LogP contribution in [0.25, 0.3) is 0 Å². The molecular weight excluding hydrogens is 315 g/mol. The molecule has 1 atom stereocenters. The second-order valence-electron chi connectivity index (χ2n) is 4.15. The van der Waals surface area contributed by atoms with Crippen LogP contribution in [0, 0.1) is 0 Å². The lowest BCUT2D eigenvalue weighted by atomic mass is 10.2. The molecule has 10 heteroatoms. The number of carboxylic acids is 1. The minimum Gasteiger partial charge on any atom is -0.478 e. The first kappa shape index (κ1) is 14.7. The Balaban J connectivity index is 2.38. The van der Waals surface area contributed by atoms with Gasteiger partial charge in [-0.15, -0.1) is 3.89 Å². The highest BCUT2D eigenvalue weighted by Crippen LogP contribution is 2.26. The van der Waals surface area contributed by atoms with Crippen molar-refractivity contribution in [1.82, 2.24) is 4.98 Å². The third-order valence-corrected chi connectivity index (χ3v) is 4.10. The zero-order chi connectivity index (χ0) is 15.1. The van der Waals surface area contributed by atoms with Gasteiger partial charge in [-0.3, -0.25) is 9.69 Å². The van der Waals surface area contributed by atoms with Crippen LogP contribution in [0.3, 0.4) is 0 Å². The Labute approximate surface area is 118 Å². The maximum absolute atomic E-state index is 12.9. The maximum atomic E-state index is 12.9. The summed E-state index contributed by atoms with van der Waals surface area (Å²) in [5.74, 6) is -2.06. The van der Waals surface area contributed by atoms with Crippen molar-refractivity contribution in [2.75, 3.05) is 11.4 Å². The molecule has 2 rings (SSSR count). The molecule has 0 spiro atoms. The van der Waals surface area contributed by atoms with Gasteiger partial charge in [0.2, 0.25) is 5.91 Å². The van der Waals surface area contributed by atoms with Crippen molar-refractivity contribution in [3.05, 3.63) is 22.8 Å². The molecular formula is C10H8ClFN2O5S. The zero-order valence-corrected chi connectivity index (χ0v) is 11.4. The maximum Gasteiger partial charge on any atom is 0.335 e. The van der Waals surface area contributed by atoms with E-state index in [0.29, 0.717) is 0 Å². The Hall–Kier alpha value is -1.74. The lowest BCUT2D eigenvalue weighted by molar-refractivity contribution is -0.117. The number of hydrogen-bond acceptors (Lipinski definition) is 5. The molecule has 1 aromatic rings. The van der Waals surface area contributed by atoms with E-state index in [1.54, 1.807) is 0 Å². The summed E-state index contributed by atoms with van der Waals surface area (Å²) in [6.45, 7) is -0.427. The number of carbonyl (C=O) groups is 2. The SMILES string of the molecule is O=C(O)c1cc(Cl)nc(N2CC(S(=O)(=O)F)CC2=O)c1. The Morgan fingerprint density at radius 2 is 2.15 bits per heavy atom. The van der Waals surface area contributed by atoms with Gasteiger partial charge in [-0.05, 0) is 12.1 Å². The number of carbonyl (C=O) groups excluding carboxylic acids is 1. The molecule has 7 nitrogen and oxygen atoms in total. The van der Waals surface area contributed by atoms with E-state index in [1.807, 2.05) is 0 Å². The van der Waals surface area contributed by atoms with Gasteiger partial charge < -0.3 is 5.11 Å². The summed E-state index contributed by atoms with van der Waals surface area (Å²) in [5, 5.41) is 7.23. The molecule has 0 aliphatic carbocycles. The van der Waals surface area contributed by atoms with E-state index in [9.17, 15) is 21.9 Å². The molecule has 0 aromatic carbocycles. The Kier molecular flexibility index (Phi) is 3.65. The molecule has 20 heavy (non-hydrogen) atoms. The molecule has 1 amide bonds. The summed E-state index contributed by atoms with van der Waals surface area (Å²) < 4.78 is 34.5. The summed E-state index contributed by atoms with van der Waals surface area (Å²) >= 11 is 5.64. The van der Waals surface area contributed by atoms with Gasteiger partial charge in [0.1, 0.15) is 16.2 Å². The number of aromatic carboxylic acids is 1. The van der Waals surface area contributed by atoms with Crippen molar-refractivity contribution in [3.8, 4) is 0 Å². The lowest BCUT2D eigenvalue weighted by Crippen LogP contribution is -2.28. The van der Waals surface area contributed by atoms with Crippen LogP contribution in [0.4, 0.5) is 9.70 Å². The average Bonchev–Trinajstić information content (AvgIpc) is 2.70. The minimum atomic E-state index is -4.85. The average molecular weight is 323 g/mol. The number of nitrogens with zero attached hydrogens (tertiary/aromatic N) is 2. The van der Waals surface area contributed by atoms with Crippen LogP contribution in [0.5, 0.6) is 0 Å². The van der Waals surface area contributed by atoms with Crippen LogP contribution in [-0.2, 0) is 15.0 Å². The third-order valence-electron chi connectivity index (χ3n) is 2.79. The molecule has 0 radical (unpaired) electrons. The quantitative estimate of drug-likeness (QED) is 0.653. The molecule has 1 aromatic heterocycles. The topological polar surface area (TPSA) is 105 Å². The predicted molar refractivity (Wildman–Crippen MR) is 67.0 cm³/mol. The van der Waals surface area contributed by atoms with Crippen molar-refractivity contribution in [1.29, 1.82) is 0 Å². The van der Waals surface area contributed by atoms with Gasteiger partial charge in [-0.2, -0.15) is 8.42 Å². The number of pyridine rings is 1. The van der Waals surface area contributed by atoms with E-state index in [1.165, 1.54) is 0 Å². The molecule has 0 bridgehead atoms. The number of halogens is 2. The van der Waals surface area contributed by atoms with Crippen molar-refractivity contribution in [2.45, 2.75) is 11.7 Å². The third kappa shape index (κ3) is 2.88. The normalized spacial score (nSPS) is 19.4. The second-order valence-corrected chi connectivity index (χ2v) is 6.15. The van der Waals surface area contributed by atoms with E-state index in [-0.39, 0.29) is 16.5 Å². The fourth-order valence-electron chi connectivity index (χ4n) is 1.83. The van der Waals surface area contributed by atoms with Crippen LogP contribution in [0.15, 0.2) is 12.1 Å².